The zero-order valence-corrected chi connectivity index (χ0v) is 9.86. The number of anilines is 1. The monoisotopic (exact) mass is 264 g/mol. The van der Waals surface area contributed by atoms with E-state index in [0.717, 1.165) is 0 Å². The van der Waals surface area contributed by atoms with Gasteiger partial charge in [-0.15, -0.1) is 0 Å². The van der Waals surface area contributed by atoms with E-state index in [4.69, 9.17) is 16.7 Å². The molecule has 0 aliphatic heterocycles. The Labute approximate surface area is 107 Å². The lowest BCUT2D eigenvalue weighted by atomic mass is 10.2. The van der Waals surface area contributed by atoms with Crippen LogP contribution in [0.3, 0.4) is 0 Å². The van der Waals surface area contributed by atoms with Crippen molar-refractivity contribution in [2.24, 2.45) is 0 Å². The molecule has 2 aromatic rings. The molecule has 2 rings (SSSR count). The van der Waals surface area contributed by atoms with Gasteiger partial charge in [0.2, 0.25) is 0 Å². The first kappa shape index (κ1) is 12.2. The first-order valence-electron chi connectivity index (χ1n) is 5.05. The van der Waals surface area contributed by atoms with Crippen LogP contribution in [-0.4, -0.2) is 22.0 Å². The average molecular weight is 265 g/mol. The molecule has 6 heteroatoms. The van der Waals surface area contributed by atoms with Gasteiger partial charge in [0.1, 0.15) is 5.69 Å². The SMILES string of the molecule is O=C(O)c1cc(Cl)cc(NC(=O)c2ccc[nH]2)c1. The van der Waals surface area contributed by atoms with E-state index in [2.05, 4.69) is 10.3 Å². The maximum absolute atomic E-state index is 11.7. The number of hydrogen-bond donors (Lipinski definition) is 3. The van der Waals surface area contributed by atoms with Gasteiger partial charge in [-0.3, -0.25) is 4.79 Å². The minimum absolute atomic E-state index is 0.0179. The molecule has 18 heavy (non-hydrogen) atoms. The third-order valence-corrected chi connectivity index (χ3v) is 2.46. The van der Waals surface area contributed by atoms with Crippen LogP contribution in [-0.2, 0) is 0 Å². The highest BCUT2D eigenvalue weighted by molar-refractivity contribution is 6.31. The van der Waals surface area contributed by atoms with Crippen LogP contribution in [0.15, 0.2) is 36.5 Å². The second-order valence-electron chi connectivity index (χ2n) is 3.57. The lowest BCUT2D eigenvalue weighted by Crippen LogP contribution is -2.12. The number of aromatic nitrogens is 1. The van der Waals surface area contributed by atoms with Gasteiger partial charge in [-0.1, -0.05) is 11.6 Å². The number of nitrogens with one attached hydrogen (secondary N) is 2. The van der Waals surface area contributed by atoms with Gasteiger partial charge >= 0.3 is 5.97 Å². The number of aromatic amines is 1. The summed E-state index contributed by atoms with van der Waals surface area (Å²) in [7, 11) is 0. The Hall–Kier alpha value is -2.27. The number of H-pyrrole nitrogens is 1. The quantitative estimate of drug-likeness (QED) is 0.797. The van der Waals surface area contributed by atoms with Crippen molar-refractivity contribution in [3.05, 3.63) is 52.8 Å². The summed E-state index contributed by atoms with van der Waals surface area (Å²) < 4.78 is 0. The fraction of sp³-hybridized carbons (Fsp3) is 0. The highest BCUT2D eigenvalue weighted by atomic mass is 35.5. The summed E-state index contributed by atoms with van der Waals surface area (Å²) >= 11 is 5.78. The molecule has 1 heterocycles. The molecule has 1 amide bonds. The first-order valence-corrected chi connectivity index (χ1v) is 5.42. The van der Waals surface area contributed by atoms with Crippen LogP contribution < -0.4 is 5.32 Å². The van der Waals surface area contributed by atoms with Gasteiger partial charge in [-0.2, -0.15) is 0 Å². The van der Waals surface area contributed by atoms with Crippen LogP contribution in [0.1, 0.15) is 20.8 Å². The Morgan fingerprint density at radius 1 is 1.28 bits per heavy atom. The molecular weight excluding hydrogens is 256 g/mol. The lowest BCUT2D eigenvalue weighted by molar-refractivity contribution is 0.0696. The van der Waals surface area contributed by atoms with Gasteiger partial charge in [-0.05, 0) is 30.3 Å². The summed E-state index contributed by atoms with van der Waals surface area (Å²) in [5, 5.41) is 11.7. The van der Waals surface area contributed by atoms with Gasteiger partial charge in [0, 0.05) is 16.9 Å². The predicted octanol–water partition coefficient (Wildman–Crippen LogP) is 2.62. The third-order valence-electron chi connectivity index (χ3n) is 2.25. The van der Waals surface area contributed by atoms with Crippen molar-refractivity contribution < 1.29 is 14.7 Å². The molecule has 0 bridgehead atoms. The van der Waals surface area contributed by atoms with Crippen molar-refractivity contribution >= 4 is 29.2 Å². The van der Waals surface area contributed by atoms with Gasteiger partial charge in [-0.25, -0.2) is 4.79 Å². The zero-order valence-electron chi connectivity index (χ0n) is 9.11. The lowest BCUT2D eigenvalue weighted by Gasteiger charge is -2.05. The highest BCUT2D eigenvalue weighted by Gasteiger charge is 2.10. The second-order valence-corrected chi connectivity index (χ2v) is 4.01. The number of carbonyl (C=O) groups is 2. The molecule has 0 spiro atoms. The van der Waals surface area contributed by atoms with Crippen molar-refractivity contribution in [3.8, 4) is 0 Å². The molecule has 92 valence electrons. The van der Waals surface area contributed by atoms with Crippen molar-refractivity contribution in [2.45, 2.75) is 0 Å². The standard InChI is InChI=1S/C12H9ClN2O3/c13-8-4-7(12(17)18)5-9(6-8)15-11(16)10-2-1-3-14-10/h1-6,14H,(H,15,16)(H,17,18). The van der Waals surface area contributed by atoms with Crippen LogP contribution in [0.25, 0.3) is 0 Å². The van der Waals surface area contributed by atoms with Gasteiger partial charge in [0.25, 0.3) is 5.91 Å². The number of hydrogen-bond acceptors (Lipinski definition) is 2. The molecule has 5 nitrogen and oxygen atoms in total. The van der Waals surface area contributed by atoms with Gasteiger partial charge in [0.05, 0.1) is 5.56 Å². The maximum Gasteiger partial charge on any atom is 0.335 e. The van der Waals surface area contributed by atoms with Crippen molar-refractivity contribution in [3.63, 3.8) is 0 Å². The van der Waals surface area contributed by atoms with Crippen LogP contribution in [0.4, 0.5) is 5.69 Å². The largest absolute Gasteiger partial charge is 0.478 e. The maximum atomic E-state index is 11.7. The molecule has 0 saturated heterocycles. The fourth-order valence-corrected chi connectivity index (χ4v) is 1.69. The van der Waals surface area contributed by atoms with E-state index in [1.165, 1.54) is 18.2 Å². The molecule has 1 aromatic carbocycles. The number of aromatic carboxylic acids is 1. The van der Waals surface area contributed by atoms with Crippen molar-refractivity contribution in [2.75, 3.05) is 5.32 Å². The molecule has 0 fully saturated rings. The van der Waals surface area contributed by atoms with Crippen LogP contribution in [0.2, 0.25) is 5.02 Å². The summed E-state index contributed by atoms with van der Waals surface area (Å²) in [6, 6.07) is 7.44. The van der Waals surface area contributed by atoms with E-state index >= 15 is 0 Å². The number of carboxylic acid groups (broad SMARTS) is 1. The Kier molecular flexibility index (Phi) is 3.34. The van der Waals surface area contributed by atoms with E-state index in [1.807, 2.05) is 0 Å². The normalized spacial score (nSPS) is 10.1. The zero-order chi connectivity index (χ0) is 13.1. The number of benzene rings is 1. The predicted molar refractivity (Wildman–Crippen MR) is 67.2 cm³/mol. The number of rotatable bonds is 3. The molecule has 0 radical (unpaired) electrons. The molecule has 3 N–H and O–H groups in total. The fourth-order valence-electron chi connectivity index (χ4n) is 1.46. The van der Waals surface area contributed by atoms with Crippen molar-refractivity contribution in [1.82, 2.24) is 4.98 Å². The molecular formula is C12H9ClN2O3. The molecule has 0 aliphatic carbocycles. The van der Waals surface area contributed by atoms with E-state index in [0.29, 0.717) is 11.4 Å². The molecule has 0 saturated carbocycles. The Balaban J connectivity index is 2.24. The summed E-state index contributed by atoms with van der Waals surface area (Å²) in [5.41, 5.74) is 0.732. The smallest absolute Gasteiger partial charge is 0.335 e. The Morgan fingerprint density at radius 2 is 2.06 bits per heavy atom. The third kappa shape index (κ3) is 2.70. The second kappa shape index (κ2) is 4.93. The summed E-state index contributed by atoms with van der Waals surface area (Å²) in [6.45, 7) is 0. The van der Waals surface area contributed by atoms with E-state index in [1.54, 1.807) is 18.3 Å². The summed E-state index contributed by atoms with van der Waals surface area (Å²) in [5.74, 6) is -1.47. The number of carboxylic acids is 1. The summed E-state index contributed by atoms with van der Waals surface area (Å²) in [4.78, 5) is 25.3. The van der Waals surface area contributed by atoms with Gasteiger partial charge in [0.15, 0.2) is 0 Å². The highest BCUT2D eigenvalue weighted by Crippen LogP contribution is 2.19. The Morgan fingerprint density at radius 3 is 2.67 bits per heavy atom. The molecule has 1 aromatic heterocycles. The molecule has 0 aliphatic rings. The average Bonchev–Trinajstić information content (AvgIpc) is 2.81. The number of carbonyl (C=O) groups excluding carboxylic acids is 1. The van der Waals surface area contributed by atoms with Crippen LogP contribution >= 0.6 is 11.6 Å². The first-order chi connectivity index (χ1) is 8.56. The molecule has 0 atom stereocenters. The van der Waals surface area contributed by atoms with Crippen molar-refractivity contribution in [1.29, 1.82) is 0 Å². The topological polar surface area (TPSA) is 82.2 Å². The van der Waals surface area contributed by atoms with E-state index in [9.17, 15) is 9.59 Å². The number of halogens is 1. The van der Waals surface area contributed by atoms with Crippen LogP contribution in [0.5, 0.6) is 0 Å². The Bertz CT molecular complexity index is 593. The van der Waals surface area contributed by atoms with Crippen LogP contribution in [0, 0.1) is 0 Å². The van der Waals surface area contributed by atoms with E-state index in [-0.39, 0.29) is 16.5 Å². The van der Waals surface area contributed by atoms with Gasteiger partial charge < -0.3 is 15.4 Å². The number of amides is 1. The molecule has 0 unspecified atom stereocenters. The van der Waals surface area contributed by atoms with E-state index < -0.39 is 5.97 Å². The minimum Gasteiger partial charge on any atom is -0.478 e. The summed E-state index contributed by atoms with van der Waals surface area (Å²) in [6.07, 6.45) is 1.62. The minimum atomic E-state index is -1.10.